The Bertz CT molecular complexity index is 550. The van der Waals surface area contributed by atoms with Gasteiger partial charge in [-0.15, -0.1) is 0 Å². The molecule has 106 valence electrons. The molecule has 1 unspecified atom stereocenters. The summed E-state index contributed by atoms with van der Waals surface area (Å²) in [5, 5.41) is 3.92. The molecule has 0 aromatic heterocycles. The van der Waals surface area contributed by atoms with E-state index in [1.54, 1.807) is 6.21 Å². The first-order valence-electron chi connectivity index (χ1n) is 6.59. The van der Waals surface area contributed by atoms with Gasteiger partial charge in [-0.1, -0.05) is 32.0 Å². The molecule has 0 saturated carbocycles. The fraction of sp³-hybridized carbons (Fsp3) is 0.333. The lowest BCUT2D eigenvalue weighted by molar-refractivity contribution is -0.123. The first-order chi connectivity index (χ1) is 9.58. The average Bonchev–Trinajstić information content (AvgIpc) is 2.46. The molecule has 0 bridgehead atoms. The van der Waals surface area contributed by atoms with Gasteiger partial charge in [0, 0.05) is 11.1 Å². The van der Waals surface area contributed by atoms with Crippen LogP contribution in [0.2, 0.25) is 0 Å². The van der Waals surface area contributed by atoms with Gasteiger partial charge >= 0.3 is 0 Å². The van der Waals surface area contributed by atoms with Crippen molar-refractivity contribution in [2.24, 2.45) is 16.8 Å². The number of nitrogens with zero attached hydrogens (tertiary/aromatic N) is 1. The van der Waals surface area contributed by atoms with Gasteiger partial charge in [0.2, 0.25) is 0 Å². The highest BCUT2D eigenvalue weighted by atomic mass is 16.5. The van der Waals surface area contributed by atoms with E-state index in [1.807, 2.05) is 44.2 Å². The highest BCUT2D eigenvalue weighted by molar-refractivity contribution is 5.89. The second-order valence-electron chi connectivity index (χ2n) is 5.05. The number of para-hydroxylation sites is 1. The first kappa shape index (κ1) is 14.3. The summed E-state index contributed by atoms with van der Waals surface area (Å²) in [6.07, 6.45) is 3.57. The minimum Gasteiger partial charge on any atom is -0.488 e. The van der Waals surface area contributed by atoms with Crippen LogP contribution in [-0.2, 0) is 4.79 Å². The van der Waals surface area contributed by atoms with E-state index in [0.29, 0.717) is 6.61 Å². The zero-order valence-corrected chi connectivity index (χ0v) is 11.7. The van der Waals surface area contributed by atoms with Crippen LogP contribution in [-0.4, -0.2) is 24.8 Å². The van der Waals surface area contributed by atoms with Crippen molar-refractivity contribution in [2.75, 3.05) is 6.61 Å². The Morgan fingerprint density at radius 3 is 2.95 bits per heavy atom. The predicted molar refractivity (Wildman–Crippen MR) is 79.4 cm³/mol. The SMILES string of the molecule is CC(C)C(N)C(=O)N/N=C/C1=Cc2ccccc2OC1. The normalized spacial score (nSPS) is 15.5. The van der Waals surface area contributed by atoms with Crippen molar-refractivity contribution < 1.29 is 9.53 Å². The smallest absolute Gasteiger partial charge is 0.257 e. The number of carbonyl (C=O) groups excluding carboxylic acids is 1. The summed E-state index contributed by atoms with van der Waals surface area (Å²) >= 11 is 0. The van der Waals surface area contributed by atoms with Crippen LogP contribution in [0, 0.1) is 5.92 Å². The Kier molecular flexibility index (Phi) is 4.53. The lowest BCUT2D eigenvalue weighted by Gasteiger charge is -2.15. The second kappa shape index (κ2) is 6.34. The summed E-state index contributed by atoms with van der Waals surface area (Å²) in [6.45, 7) is 4.22. The van der Waals surface area contributed by atoms with Gasteiger partial charge in [-0.2, -0.15) is 5.10 Å². The second-order valence-corrected chi connectivity index (χ2v) is 5.05. The maximum atomic E-state index is 11.6. The molecule has 0 radical (unpaired) electrons. The molecule has 0 saturated heterocycles. The molecule has 1 aromatic rings. The van der Waals surface area contributed by atoms with E-state index in [4.69, 9.17) is 10.5 Å². The third-order valence-electron chi connectivity index (χ3n) is 3.08. The van der Waals surface area contributed by atoms with Crippen LogP contribution in [0.25, 0.3) is 6.08 Å². The van der Waals surface area contributed by atoms with Crippen molar-refractivity contribution in [3.05, 3.63) is 35.4 Å². The monoisotopic (exact) mass is 273 g/mol. The highest BCUT2D eigenvalue weighted by Crippen LogP contribution is 2.24. The molecule has 1 atom stereocenters. The van der Waals surface area contributed by atoms with Gasteiger partial charge in [-0.05, 0) is 18.1 Å². The van der Waals surface area contributed by atoms with E-state index in [2.05, 4.69) is 10.5 Å². The lowest BCUT2D eigenvalue weighted by Crippen LogP contribution is -2.42. The molecule has 0 aliphatic carbocycles. The predicted octanol–water partition coefficient (Wildman–Crippen LogP) is 1.55. The molecule has 20 heavy (non-hydrogen) atoms. The molecule has 0 fully saturated rings. The molecule has 1 aromatic carbocycles. The molecule has 3 N–H and O–H groups in total. The van der Waals surface area contributed by atoms with Gasteiger partial charge in [0.25, 0.3) is 5.91 Å². The Labute approximate surface area is 118 Å². The summed E-state index contributed by atoms with van der Waals surface area (Å²) in [6, 6.07) is 7.21. The molecule has 0 spiro atoms. The summed E-state index contributed by atoms with van der Waals surface area (Å²) in [5.74, 6) is 0.652. The number of hydrazone groups is 1. The van der Waals surface area contributed by atoms with E-state index in [9.17, 15) is 4.79 Å². The molecule has 1 heterocycles. The Morgan fingerprint density at radius 1 is 1.45 bits per heavy atom. The number of nitrogens with one attached hydrogen (secondary N) is 1. The van der Waals surface area contributed by atoms with E-state index in [1.165, 1.54) is 0 Å². The zero-order chi connectivity index (χ0) is 14.5. The minimum atomic E-state index is -0.551. The van der Waals surface area contributed by atoms with Gasteiger partial charge in [0.1, 0.15) is 12.4 Å². The van der Waals surface area contributed by atoms with E-state index >= 15 is 0 Å². The minimum absolute atomic E-state index is 0.0781. The zero-order valence-electron chi connectivity index (χ0n) is 11.7. The Hall–Kier alpha value is -2.14. The van der Waals surface area contributed by atoms with E-state index < -0.39 is 6.04 Å². The first-order valence-corrected chi connectivity index (χ1v) is 6.59. The van der Waals surface area contributed by atoms with Crippen molar-refractivity contribution in [1.29, 1.82) is 0 Å². The Balaban J connectivity index is 1.96. The summed E-state index contributed by atoms with van der Waals surface area (Å²) in [5.41, 5.74) is 10.1. The van der Waals surface area contributed by atoms with Crippen molar-refractivity contribution in [2.45, 2.75) is 19.9 Å². The molecule has 5 heteroatoms. The topological polar surface area (TPSA) is 76.7 Å². The molecule has 1 amide bonds. The number of hydrogen-bond acceptors (Lipinski definition) is 4. The van der Waals surface area contributed by atoms with E-state index in [-0.39, 0.29) is 11.8 Å². The fourth-order valence-corrected chi connectivity index (χ4v) is 1.76. The number of benzene rings is 1. The molecule has 1 aliphatic rings. The lowest BCUT2D eigenvalue weighted by atomic mass is 10.1. The quantitative estimate of drug-likeness (QED) is 0.645. The van der Waals surface area contributed by atoms with Crippen LogP contribution in [0.4, 0.5) is 0 Å². The summed E-state index contributed by atoms with van der Waals surface area (Å²) < 4.78 is 5.58. The van der Waals surface area contributed by atoms with Crippen molar-refractivity contribution in [3.8, 4) is 5.75 Å². The maximum Gasteiger partial charge on any atom is 0.257 e. The van der Waals surface area contributed by atoms with Crippen LogP contribution in [0.3, 0.4) is 0 Å². The standard InChI is InChI=1S/C15H19N3O2/c1-10(2)14(16)15(19)18-17-8-11-7-12-5-3-4-6-13(12)20-9-11/h3-8,10,14H,9,16H2,1-2H3,(H,18,19)/b17-8+. The number of fused-ring (bicyclic) bond motifs is 1. The average molecular weight is 273 g/mol. The third-order valence-corrected chi connectivity index (χ3v) is 3.08. The van der Waals surface area contributed by atoms with Gasteiger partial charge in [-0.3, -0.25) is 4.79 Å². The summed E-state index contributed by atoms with van der Waals surface area (Å²) in [4.78, 5) is 11.6. The number of hydrogen-bond donors (Lipinski definition) is 2. The number of nitrogens with two attached hydrogens (primary N) is 1. The largest absolute Gasteiger partial charge is 0.488 e. The molecule has 1 aliphatic heterocycles. The summed E-state index contributed by atoms with van der Waals surface area (Å²) in [7, 11) is 0. The van der Waals surface area contributed by atoms with Crippen LogP contribution in [0.1, 0.15) is 19.4 Å². The fourth-order valence-electron chi connectivity index (χ4n) is 1.76. The number of amides is 1. The van der Waals surface area contributed by atoms with Crippen LogP contribution < -0.4 is 15.9 Å². The van der Waals surface area contributed by atoms with Crippen molar-refractivity contribution in [3.63, 3.8) is 0 Å². The molecular formula is C15H19N3O2. The van der Waals surface area contributed by atoms with Crippen LogP contribution in [0.15, 0.2) is 34.9 Å². The van der Waals surface area contributed by atoms with Gasteiger partial charge in [-0.25, -0.2) is 5.43 Å². The molecule has 2 rings (SSSR count). The Morgan fingerprint density at radius 2 is 2.20 bits per heavy atom. The highest BCUT2D eigenvalue weighted by Gasteiger charge is 2.16. The van der Waals surface area contributed by atoms with Crippen LogP contribution >= 0.6 is 0 Å². The number of ether oxygens (including phenoxy) is 1. The van der Waals surface area contributed by atoms with Crippen molar-refractivity contribution >= 4 is 18.2 Å². The number of carbonyl (C=O) groups is 1. The van der Waals surface area contributed by atoms with Crippen molar-refractivity contribution in [1.82, 2.24) is 5.43 Å². The maximum absolute atomic E-state index is 11.6. The molecule has 5 nitrogen and oxygen atoms in total. The van der Waals surface area contributed by atoms with Gasteiger partial charge in [0.05, 0.1) is 12.3 Å². The van der Waals surface area contributed by atoms with E-state index in [0.717, 1.165) is 16.9 Å². The number of rotatable bonds is 4. The van der Waals surface area contributed by atoms with Gasteiger partial charge in [0.15, 0.2) is 0 Å². The molecular weight excluding hydrogens is 254 g/mol. The van der Waals surface area contributed by atoms with Gasteiger partial charge < -0.3 is 10.5 Å². The third kappa shape index (κ3) is 3.45. The van der Waals surface area contributed by atoms with Crippen LogP contribution in [0.5, 0.6) is 5.75 Å².